The first-order valence-corrected chi connectivity index (χ1v) is 12.7. The van der Waals surface area contributed by atoms with Gasteiger partial charge in [-0.2, -0.15) is 0 Å². The van der Waals surface area contributed by atoms with E-state index < -0.39 is 11.6 Å². The average Bonchev–Trinajstić information content (AvgIpc) is 3.29. The number of methoxy groups -OCH3 is 2. The highest BCUT2D eigenvalue weighted by Gasteiger charge is 2.37. The molecule has 9 nitrogen and oxygen atoms in total. The second-order valence-electron chi connectivity index (χ2n) is 10.5. The molecule has 1 N–H and O–H groups in total. The molecular formula is C30H35N5O4. The average molecular weight is 530 g/mol. The number of fused-ring (bicyclic) bond motifs is 1. The van der Waals surface area contributed by atoms with Crippen LogP contribution in [-0.2, 0) is 16.1 Å². The van der Waals surface area contributed by atoms with Gasteiger partial charge in [0.2, 0.25) is 11.8 Å². The van der Waals surface area contributed by atoms with Gasteiger partial charge < -0.3 is 14.8 Å². The molecule has 1 heterocycles. The van der Waals surface area contributed by atoms with Crippen LogP contribution in [0.4, 0.5) is 5.69 Å². The van der Waals surface area contributed by atoms with Crippen LogP contribution in [0.2, 0.25) is 0 Å². The van der Waals surface area contributed by atoms with Gasteiger partial charge in [-0.1, -0.05) is 35.0 Å². The van der Waals surface area contributed by atoms with Crippen molar-refractivity contribution in [3.8, 4) is 11.5 Å². The van der Waals surface area contributed by atoms with Gasteiger partial charge in [-0.15, -0.1) is 5.10 Å². The van der Waals surface area contributed by atoms with E-state index in [0.717, 1.165) is 16.6 Å². The Morgan fingerprint density at radius 2 is 1.74 bits per heavy atom. The number of carbonyl (C=O) groups excluding carboxylic acids is 2. The lowest BCUT2D eigenvalue weighted by atomic mass is 9.98. The number of amides is 2. The first kappa shape index (κ1) is 27.6. The number of nitrogens with zero attached hydrogens (tertiary/aromatic N) is 4. The Morgan fingerprint density at radius 3 is 2.41 bits per heavy atom. The van der Waals surface area contributed by atoms with E-state index in [4.69, 9.17) is 9.47 Å². The zero-order chi connectivity index (χ0) is 28.3. The van der Waals surface area contributed by atoms with Gasteiger partial charge in [0.1, 0.15) is 29.6 Å². The predicted octanol–water partition coefficient (Wildman–Crippen LogP) is 4.75. The van der Waals surface area contributed by atoms with E-state index in [9.17, 15) is 9.59 Å². The van der Waals surface area contributed by atoms with E-state index in [-0.39, 0.29) is 18.4 Å². The Morgan fingerprint density at radius 1 is 1.00 bits per heavy atom. The minimum Gasteiger partial charge on any atom is -0.497 e. The number of hydrogen-bond acceptors (Lipinski definition) is 6. The number of ether oxygens (including phenoxy) is 2. The van der Waals surface area contributed by atoms with Crippen molar-refractivity contribution >= 4 is 28.5 Å². The summed E-state index contributed by atoms with van der Waals surface area (Å²) >= 11 is 0. The van der Waals surface area contributed by atoms with Crippen molar-refractivity contribution in [1.29, 1.82) is 0 Å². The second kappa shape index (κ2) is 11.1. The number of aryl methyl sites for hydroxylation is 2. The highest BCUT2D eigenvalue weighted by atomic mass is 16.5. The molecule has 0 spiro atoms. The topological polar surface area (TPSA) is 98.6 Å². The third kappa shape index (κ3) is 6.03. The second-order valence-corrected chi connectivity index (χ2v) is 10.5. The van der Waals surface area contributed by atoms with Crippen LogP contribution < -0.4 is 19.7 Å². The maximum atomic E-state index is 14.3. The Kier molecular flexibility index (Phi) is 7.90. The summed E-state index contributed by atoms with van der Waals surface area (Å²) in [6.07, 6.45) is 0. The van der Waals surface area contributed by atoms with Crippen molar-refractivity contribution in [2.75, 3.05) is 19.1 Å². The molecule has 0 aliphatic carbocycles. The number of rotatable bonds is 8. The lowest BCUT2D eigenvalue weighted by molar-refractivity contribution is -0.128. The number of hydrogen-bond donors (Lipinski definition) is 1. The van der Waals surface area contributed by atoms with Gasteiger partial charge in [0.15, 0.2) is 0 Å². The van der Waals surface area contributed by atoms with Crippen LogP contribution in [0.15, 0.2) is 60.7 Å². The maximum absolute atomic E-state index is 14.3. The summed E-state index contributed by atoms with van der Waals surface area (Å²) in [5, 5.41) is 11.5. The van der Waals surface area contributed by atoms with Crippen LogP contribution in [0.25, 0.3) is 11.0 Å². The lowest BCUT2D eigenvalue weighted by Crippen LogP contribution is -2.50. The lowest BCUT2D eigenvalue weighted by Gasteiger charge is -2.35. The molecule has 3 aromatic carbocycles. The SMILES string of the molecule is COc1ccc(OC)c(C(C(=O)NC(C)(C)C)N(C(=O)Cn2nnc3ccccc32)c2ccc(C)cc2C)c1. The molecule has 4 aromatic rings. The van der Waals surface area contributed by atoms with Gasteiger partial charge in [0.05, 0.1) is 19.7 Å². The highest BCUT2D eigenvalue weighted by Crippen LogP contribution is 2.37. The van der Waals surface area contributed by atoms with Gasteiger partial charge >= 0.3 is 0 Å². The summed E-state index contributed by atoms with van der Waals surface area (Å²) in [6.45, 7) is 9.48. The van der Waals surface area contributed by atoms with E-state index in [0.29, 0.717) is 28.3 Å². The fourth-order valence-corrected chi connectivity index (χ4v) is 4.62. The Balaban J connectivity index is 1.93. The molecule has 39 heavy (non-hydrogen) atoms. The number of benzene rings is 3. The Hall–Kier alpha value is -4.40. The summed E-state index contributed by atoms with van der Waals surface area (Å²) in [6, 6.07) is 17.4. The van der Waals surface area contributed by atoms with Crippen LogP contribution >= 0.6 is 0 Å². The summed E-state index contributed by atoms with van der Waals surface area (Å²) in [4.78, 5) is 30.0. The van der Waals surface area contributed by atoms with Crippen LogP contribution in [0.1, 0.15) is 43.5 Å². The van der Waals surface area contributed by atoms with Gasteiger partial charge in [-0.3, -0.25) is 14.5 Å². The molecule has 1 atom stereocenters. The molecule has 0 bridgehead atoms. The minimum absolute atomic E-state index is 0.126. The molecular weight excluding hydrogens is 494 g/mol. The molecule has 0 aliphatic heterocycles. The van der Waals surface area contributed by atoms with E-state index in [1.165, 1.54) is 12.0 Å². The van der Waals surface area contributed by atoms with Gasteiger partial charge in [-0.05, 0) is 76.6 Å². The Bertz CT molecular complexity index is 1510. The van der Waals surface area contributed by atoms with Crippen LogP contribution in [0.3, 0.4) is 0 Å². The van der Waals surface area contributed by atoms with E-state index in [2.05, 4.69) is 15.6 Å². The Labute approximate surface area is 228 Å². The molecule has 204 valence electrons. The minimum atomic E-state index is -1.07. The van der Waals surface area contributed by atoms with Crippen molar-refractivity contribution in [2.24, 2.45) is 0 Å². The normalized spacial score (nSPS) is 12.2. The molecule has 0 fully saturated rings. The third-order valence-corrected chi connectivity index (χ3v) is 6.32. The number of nitrogens with one attached hydrogen (secondary N) is 1. The maximum Gasteiger partial charge on any atom is 0.249 e. The summed E-state index contributed by atoms with van der Waals surface area (Å²) in [5.74, 6) is 0.302. The number of para-hydroxylation sites is 1. The zero-order valence-corrected chi connectivity index (χ0v) is 23.5. The molecule has 0 radical (unpaired) electrons. The van der Waals surface area contributed by atoms with Crippen molar-refractivity contribution in [1.82, 2.24) is 20.3 Å². The first-order valence-electron chi connectivity index (χ1n) is 12.7. The number of carbonyl (C=O) groups is 2. The molecule has 9 heteroatoms. The monoisotopic (exact) mass is 529 g/mol. The number of anilines is 1. The zero-order valence-electron chi connectivity index (χ0n) is 23.5. The van der Waals surface area contributed by atoms with Gasteiger partial charge in [0, 0.05) is 16.8 Å². The first-order chi connectivity index (χ1) is 18.5. The van der Waals surface area contributed by atoms with E-state index >= 15 is 0 Å². The molecule has 0 aliphatic rings. The van der Waals surface area contributed by atoms with E-state index in [1.54, 1.807) is 30.0 Å². The quantitative estimate of drug-likeness (QED) is 0.354. The summed E-state index contributed by atoms with van der Waals surface area (Å²) in [7, 11) is 3.09. The standard InChI is InChI=1S/C30H35N5O4/c1-19-12-14-24(20(2)16-19)35(27(36)18-34-25-11-9-8-10-23(25)32-33-34)28(29(37)31-30(3,4)5)22-17-21(38-6)13-15-26(22)39-7/h8-17,28H,18H2,1-7H3,(H,31,37). The summed E-state index contributed by atoms with van der Waals surface area (Å²) in [5.41, 5.74) is 3.84. The predicted molar refractivity (Wildman–Crippen MR) is 151 cm³/mol. The van der Waals surface area contributed by atoms with Gasteiger partial charge in [-0.25, -0.2) is 4.68 Å². The fourth-order valence-electron chi connectivity index (χ4n) is 4.62. The van der Waals surface area contributed by atoms with Crippen molar-refractivity contribution < 1.29 is 19.1 Å². The molecule has 1 unspecified atom stereocenters. The van der Waals surface area contributed by atoms with Gasteiger partial charge in [0.25, 0.3) is 0 Å². The molecule has 4 rings (SSSR count). The highest BCUT2D eigenvalue weighted by molar-refractivity contribution is 6.02. The largest absolute Gasteiger partial charge is 0.497 e. The van der Waals surface area contributed by atoms with Crippen LogP contribution in [-0.4, -0.2) is 46.6 Å². The molecule has 1 aromatic heterocycles. The summed E-state index contributed by atoms with van der Waals surface area (Å²) < 4.78 is 12.7. The smallest absolute Gasteiger partial charge is 0.249 e. The molecule has 2 amide bonds. The van der Waals surface area contributed by atoms with Crippen LogP contribution in [0, 0.1) is 13.8 Å². The third-order valence-electron chi connectivity index (χ3n) is 6.32. The molecule has 0 saturated carbocycles. The van der Waals surface area contributed by atoms with Crippen molar-refractivity contribution in [2.45, 2.75) is 52.7 Å². The van der Waals surface area contributed by atoms with Crippen LogP contribution in [0.5, 0.6) is 11.5 Å². The number of aromatic nitrogens is 3. The van der Waals surface area contributed by atoms with Crippen molar-refractivity contribution in [3.63, 3.8) is 0 Å². The molecule has 0 saturated heterocycles. The fraction of sp³-hybridized carbons (Fsp3) is 0.333. The van der Waals surface area contributed by atoms with Crippen molar-refractivity contribution in [3.05, 3.63) is 77.4 Å². The van der Waals surface area contributed by atoms with E-state index in [1.807, 2.05) is 77.1 Å².